The lowest BCUT2D eigenvalue weighted by Gasteiger charge is -2.57. The zero-order chi connectivity index (χ0) is 16.6. The van der Waals surface area contributed by atoms with E-state index in [1.165, 1.54) is 23.1 Å². The van der Waals surface area contributed by atoms with E-state index in [2.05, 4.69) is 64.0 Å². The summed E-state index contributed by atoms with van der Waals surface area (Å²) in [4.78, 5) is 8.46. The second-order valence-corrected chi connectivity index (χ2v) is 9.38. The van der Waals surface area contributed by atoms with Gasteiger partial charge in [0.15, 0.2) is 0 Å². The molecule has 0 amide bonds. The molecule has 1 unspecified atom stereocenters. The molecule has 1 fully saturated rings. The van der Waals surface area contributed by atoms with Crippen molar-refractivity contribution in [3.05, 3.63) is 29.1 Å². The second kappa shape index (κ2) is 4.38. The molecular weight excluding hydrogens is 282 g/mol. The predicted octanol–water partition coefficient (Wildman–Crippen LogP) is 4.06. The Hall–Kier alpha value is -1.35. The molecule has 2 aliphatic rings. The average molecular weight is 311 g/mol. The van der Waals surface area contributed by atoms with Crippen LogP contribution in [0.15, 0.2) is 12.1 Å². The topological polar surface area (TPSA) is 40.7 Å². The van der Waals surface area contributed by atoms with Crippen molar-refractivity contribution in [1.29, 1.82) is 0 Å². The van der Waals surface area contributed by atoms with E-state index in [0.717, 1.165) is 24.3 Å². The number of benzene rings is 1. The van der Waals surface area contributed by atoms with Crippen LogP contribution < -0.4 is 5.32 Å². The van der Waals surface area contributed by atoms with Gasteiger partial charge in [0.2, 0.25) is 0 Å². The zero-order valence-corrected chi connectivity index (χ0v) is 15.3. The van der Waals surface area contributed by atoms with Crippen molar-refractivity contribution < 1.29 is 0 Å². The highest BCUT2D eigenvalue weighted by Crippen LogP contribution is 2.54. The first-order chi connectivity index (χ1) is 10.6. The Labute approximate surface area is 139 Å². The smallest absolute Gasteiger partial charge is 0.112 e. The van der Waals surface area contributed by atoms with Crippen molar-refractivity contribution in [3.63, 3.8) is 0 Å². The van der Waals surface area contributed by atoms with E-state index in [9.17, 15) is 0 Å². The molecule has 1 saturated heterocycles. The Morgan fingerprint density at radius 1 is 1.17 bits per heavy atom. The molecule has 0 radical (unpaired) electrons. The summed E-state index contributed by atoms with van der Waals surface area (Å²) in [6.07, 6.45) is 2.32. The van der Waals surface area contributed by atoms with E-state index < -0.39 is 0 Å². The number of hydrogen-bond acceptors (Lipinski definition) is 2. The largest absolute Gasteiger partial charge is 0.342 e. The highest BCUT2D eigenvalue weighted by molar-refractivity contribution is 5.78. The van der Waals surface area contributed by atoms with Crippen LogP contribution >= 0.6 is 0 Å². The van der Waals surface area contributed by atoms with Crippen LogP contribution in [0, 0.1) is 5.41 Å². The first-order valence-corrected chi connectivity index (χ1v) is 8.90. The fourth-order valence-electron chi connectivity index (χ4n) is 4.63. The normalized spacial score (nSPS) is 29.6. The van der Waals surface area contributed by atoms with Crippen LogP contribution in [0.25, 0.3) is 11.0 Å². The highest BCUT2D eigenvalue weighted by atomic mass is 15.0. The quantitative estimate of drug-likeness (QED) is 0.770. The molecule has 2 atom stereocenters. The van der Waals surface area contributed by atoms with Gasteiger partial charge in [0.05, 0.1) is 11.0 Å². The van der Waals surface area contributed by atoms with Gasteiger partial charge in [-0.05, 0) is 48.1 Å². The molecule has 2 heterocycles. The summed E-state index contributed by atoms with van der Waals surface area (Å²) >= 11 is 0. The number of nitrogens with one attached hydrogen (secondary N) is 2. The monoisotopic (exact) mass is 311 g/mol. The molecule has 2 N–H and O–H groups in total. The van der Waals surface area contributed by atoms with Gasteiger partial charge >= 0.3 is 0 Å². The molecule has 1 aromatic carbocycles. The van der Waals surface area contributed by atoms with E-state index in [1.54, 1.807) is 0 Å². The highest BCUT2D eigenvalue weighted by Gasteiger charge is 2.53. The van der Waals surface area contributed by atoms with Crippen LogP contribution in [0.1, 0.15) is 64.9 Å². The van der Waals surface area contributed by atoms with Crippen LogP contribution in [-0.4, -0.2) is 22.6 Å². The summed E-state index contributed by atoms with van der Waals surface area (Å²) in [5.74, 6) is 1.08. The lowest BCUT2D eigenvalue weighted by molar-refractivity contribution is 0.0561. The number of imidazole rings is 1. The van der Waals surface area contributed by atoms with Crippen LogP contribution in [0.5, 0.6) is 0 Å². The van der Waals surface area contributed by atoms with E-state index >= 15 is 0 Å². The second-order valence-electron chi connectivity index (χ2n) is 9.38. The van der Waals surface area contributed by atoms with E-state index in [-0.39, 0.29) is 16.2 Å². The van der Waals surface area contributed by atoms with Crippen molar-refractivity contribution in [2.24, 2.45) is 5.41 Å². The van der Waals surface area contributed by atoms with Crippen molar-refractivity contribution >= 4 is 11.0 Å². The number of rotatable bonds is 0. The maximum absolute atomic E-state index is 4.91. The standard InChI is InChI=1S/C20H29N3/c1-18(2,3)17-22-14-9-12-10-16-19(4,5)20(6,7-8-21-16)13(12)11-15(14)23-17/h9,11,16,21H,7-8,10H2,1-6H3,(H,22,23)/t16-,20?/m1/s1. The van der Waals surface area contributed by atoms with Gasteiger partial charge in [-0.2, -0.15) is 0 Å². The van der Waals surface area contributed by atoms with Crippen molar-refractivity contribution in [2.45, 2.75) is 71.3 Å². The summed E-state index contributed by atoms with van der Waals surface area (Å²) in [5, 5.41) is 3.76. The molecule has 1 aliphatic carbocycles. The molecule has 1 aromatic heterocycles. The Bertz CT molecular complexity index is 778. The summed E-state index contributed by atoms with van der Waals surface area (Å²) in [6.45, 7) is 15.1. The fraction of sp³-hybridized carbons (Fsp3) is 0.650. The summed E-state index contributed by atoms with van der Waals surface area (Å²) in [5.41, 5.74) is 5.90. The number of fused-ring (bicyclic) bond motifs is 5. The Morgan fingerprint density at radius 3 is 2.61 bits per heavy atom. The Kier molecular flexibility index (Phi) is 2.90. The third-order valence-corrected chi connectivity index (χ3v) is 6.74. The molecule has 2 aromatic rings. The van der Waals surface area contributed by atoms with Gasteiger partial charge in [0, 0.05) is 16.9 Å². The SMILES string of the molecule is CC(C)(C)c1nc2cc3c(cc2[nH]1)C[C@H]1NCCC3(C)C1(C)C. The van der Waals surface area contributed by atoms with Crippen molar-refractivity contribution in [2.75, 3.05) is 6.54 Å². The molecule has 3 heteroatoms. The van der Waals surface area contributed by atoms with E-state index in [1.807, 2.05) is 0 Å². The first-order valence-electron chi connectivity index (χ1n) is 8.90. The number of hydrogen-bond donors (Lipinski definition) is 2. The summed E-state index contributed by atoms with van der Waals surface area (Å²) in [6, 6.07) is 5.30. The van der Waals surface area contributed by atoms with Crippen molar-refractivity contribution in [3.8, 4) is 0 Å². The minimum Gasteiger partial charge on any atom is -0.342 e. The fourth-order valence-corrected chi connectivity index (χ4v) is 4.63. The van der Waals surface area contributed by atoms with Gasteiger partial charge in [-0.25, -0.2) is 4.98 Å². The van der Waals surface area contributed by atoms with Gasteiger partial charge in [0.25, 0.3) is 0 Å². The first kappa shape index (κ1) is 15.2. The molecule has 124 valence electrons. The van der Waals surface area contributed by atoms with E-state index in [4.69, 9.17) is 4.98 Å². The summed E-state index contributed by atoms with van der Waals surface area (Å²) in [7, 11) is 0. The minimum absolute atomic E-state index is 0.0557. The number of aromatic nitrogens is 2. The lowest BCUT2D eigenvalue weighted by Crippen LogP contribution is -2.62. The number of piperidine rings is 1. The van der Waals surface area contributed by atoms with Crippen LogP contribution in [-0.2, 0) is 17.3 Å². The molecule has 2 bridgehead atoms. The van der Waals surface area contributed by atoms with Gasteiger partial charge in [-0.15, -0.1) is 0 Å². The predicted molar refractivity (Wildman–Crippen MR) is 96.0 cm³/mol. The molecule has 4 rings (SSSR count). The third-order valence-electron chi connectivity index (χ3n) is 6.74. The summed E-state index contributed by atoms with van der Waals surface area (Å²) < 4.78 is 0. The molecule has 0 spiro atoms. The lowest BCUT2D eigenvalue weighted by atomic mass is 9.51. The number of H-pyrrole nitrogens is 1. The maximum Gasteiger partial charge on any atom is 0.112 e. The van der Waals surface area contributed by atoms with Crippen LogP contribution in [0.2, 0.25) is 0 Å². The zero-order valence-electron chi connectivity index (χ0n) is 15.3. The van der Waals surface area contributed by atoms with Gasteiger partial charge in [-0.3, -0.25) is 0 Å². The average Bonchev–Trinajstić information content (AvgIpc) is 2.84. The number of aromatic amines is 1. The van der Waals surface area contributed by atoms with Crippen LogP contribution in [0.3, 0.4) is 0 Å². The molecule has 23 heavy (non-hydrogen) atoms. The molecular formula is C20H29N3. The molecule has 0 saturated carbocycles. The number of nitrogens with zero attached hydrogens (tertiary/aromatic N) is 1. The minimum atomic E-state index is 0.0557. The van der Waals surface area contributed by atoms with Gasteiger partial charge in [-0.1, -0.05) is 41.5 Å². The Morgan fingerprint density at radius 2 is 1.91 bits per heavy atom. The third kappa shape index (κ3) is 1.95. The van der Waals surface area contributed by atoms with Gasteiger partial charge < -0.3 is 10.3 Å². The maximum atomic E-state index is 4.91. The van der Waals surface area contributed by atoms with Crippen molar-refractivity contribution in [1.82, 2.24) is 15.3 Å². The Balaban J connectivity index is 1.94. The van der Waals surface area contributed by atoms with Crippen LogP contribution in [0.4, 0.5) is 0 Å². The van der Waals surface area contributed by atoms with Gasteiger partial charge in [0.1, 0.15) is 5.82 Å². The van der Waals surface area contributed by atoms with E-state index in [0.29, 0.717) is 6.04 Å². The molecule has 3 nitrogen and oxygen atoms in total. The molecule has 1 aliphatic heterocycles.